The van der Waals surface area contributed by atoms with Gasteiger partial charge in [-0.1, -0.05) is 30.3 Å². The molecule has 0 heterocycles. The first kappa shape index (κ1) is 22.5. The molecule has 7 heteroatoms. The number of hydrogen-bond acceptors (Lipinski definition) is 3. The minimum absolute atomic E-state index is 0. The number of alkyl carbamates (subject to hydrolysis) is 1. The Hall–Kier alpha value is -1.51. The first-order valence-electron chi connectivity index (χ1n) is 9.17. The van der Waals surface area contributed by atoms with Crippen molar-refractivity contribution in [3.8, 4) is 0 Å². The number of guanidine groups is 1. The first-order chi connectivity index (χ1) is 12.1. The second-order valence-corrected chi connectivity index (χ2v) is 6.31. The van der Waals surface area contributed by atoms with Crippen LogP contribution in [0.25, 0.3) is 0 Å². The van der Waals surface area contributed by atoms with Gasteiger partial charge in [0, 0.05) is 6.54 Å². The molecule has 6 nitrogen and oxygen atoms in total. The smallest absolute Gasteiger partial charge is 0.407 e. The van der Waals surface area contributed by atoms with Crippen LogP contribution in [-0.2, 0) is 4.74 Å². The number of halogens is 1. The Labute approximate surface area is 173 Å². The van der Waals surface area contributed by atoms with E-state index in [2.05, 4.69) is 40.0 Å². The molecule has 2 unspecified atom stereocenters. The van der Waals surface area contributed by atoms with Crippen LogP contribution in [0.5, 0.6) is 0 Å². The van der Waals surface area contributed by atoms with E-state index in [1.165, 1.54) is 5.56 Å². The van der Waals surface area contributed by atoms with E-state index in [-0.39, 0.29) is 42.2 Å². The standard InChI is InChI=1S/C19H30N4O2.HI/c1-4-20-18(22-14(3)15-9-7-6-8-10-15)21-13-17(16-11-12-16)23-19(24)25-5-2;/h6-10,14,16-17H,4-5,11-13H2,1-3H3,(H,23,24)(H2,20,21,22);1H. The van der Waals surface area contributed by atoms with E-state index in [1.807, 2.05) is 32.0 Å². The van der Waals surface area contributed by atoms with E-state index in [4.69, 9.17) is 4.74 Å². The SMILES string of the molecule is CCNC(=NCC(NC(=O)OCC)C1CC1)NC(C)c1ccccc1.I. The molecule has 0 radical (unpaired) electrons. The molecule has 1 amide bonds. The zero-order valence-corrected chi connectivity index (χ0v) is 18.2. The maximum absolute atomic E-state index is 11.7. The molecule has 0 spiro atoms. The quantitative estimate of drug-likeness (QED) is 0.307. The highest BCUT2D eigenvalue weighted by molar-refractivity contribution is 14.0. The summed E-state index contributed by atoms with van der Waals surface area (Å²) in [6, 6.07) is 10.4. The molecule has 0 aromatic heterocycles. The number of nitrogens with zero attached hydrogens (tertiary/aromatic N) is 1. The largest absolute Gasteiger partial charge is 0.450 e. The zero-order chi connectivity index (χ0) is 18.1. The van der Waals surface area contributed by atoms with Crippen molar-refractivity contribution in [1.29, 1.82) is 0 Å². The van der Waals surface area contributed by atoms with Gasteiger partial charge in [-0.25, -0.2) is 4.79 Å². The monoisotopic (exact) mass is 474 g/mol. The molecule has 1 aromatic carbocycles. The molecule has 1 aromatic rings. The third kappa shape index (κ3) is 7.80. The second kappa shape index (κ2) is 12.0. The lowest BCUT2D eigenvalue weighted by molar-refractivity contribution is 0.147. The van der Waals surface area contributed by atoms with Crippen LogP contribution in [0.4, 0.5) is 4.79 Å². The van der Waals surface area contributed by atoms with Crippen molar-refractivity contribution >= 4 is 36.0 Å². The van der Waals surface area contributed by atoms with E-state index in [0.717, 1.165) is 25.3 Å². The normalized spacial score (nSPS) is 16.0. The van der Waals surface area contributed by atoms with Gasteiger partial charge in [0.25, 0.3) is 0 Å². The summed E-state index contributed by atoms with van der Waals surface area (Å²) in [4.78, 5) is 16.4. The summed E-state index contributed by atoms with van der Waals surface area (Å²) < 4.78 is 5.00. The number of benzene rings is 1. The number of aliphatic imine (C=N–C) groups is 1. The highest BCUT2D eigenvalue weighted by Crippen LogP contribution is 2.32. The second-order valence-electron chi connectivity index (χ2n) is 6.31. The Morgan fingerprint density at radius 3 is 2.50 bits per heavy atom. The van der Waals surface area contributed by atoms with Gasteiger partial charge in [-0.3, -0.25) is 4.99 Å². The molecular weight excluding hydrogens is 443 g/mol. The van der Waals surface area contributed by atoms with Gasteiger partial charge in [0.15, 0.2) is 5.96 Å². The average Bonchev–Trinajstić information content (AvgIpc) is 3.44. The summed E-state index contributed by atoms with van der Waals surface area (Å²) in [6.07, 6.45) is 1.92. The summed E-state index contributed by atoms with van der Waals surface area (Å²) in [5.41, 5.74) is 1.21. The molecule has 3 N–H and O–H groups in total. The maximum Gasteiger partial charge on any atom is 0.407 e. The molecule has 0 aliphatic heterocycles. The number of rotatable bonds is 8. The summed E-state index contributed by atoms with van der Waals surface area (Å²) in [6.45, 7) is 7.66. The minimum Gasteiger partial charge on any atom is -0.450 e. The maximum atomic E-state index is 11.7. The van der Waals surface area contributed by atoms with Crippen molar-refractivity contribution in [2.24, 2.45) is 10.9 Å². The number of hydrogen-bond donors (Lipinski definition) is 3. The van der Waals surface area contributed by atoms with Crippen LogP contribution in [0.3, 0.4) is 0 Å². The highest BCUT2D eigenvalue weighted by atomic mass is 127. The van der Waals surface area contributed by atoms with Crippen LogP contribution in [0.2, 0.25) is 0 Å². The Balaban J connectivity index is 0.00000338. The summed E-state index contributed by atoms with van der Waals surface area (Å²) in [5.74, 6) is 1.26. The van der Waals surface area contributed by atoms with Gasteiger partial charge >= 0.3 is 6.09 Å². The fourth-order valence-electron chi connectivity index (χ4n) is 2.68. The molecule has 1 saturated carbocycles. The third-order valence-electron chi connectivity index (χ3n) is 4.21. The van der Waals surface area contributed by atoms with Crippen molar-refractivity contribution in [3.05, 3.63) is 35.9 Å². The van der Waals surface area contributed by atoms with Crippen molar-refractivity contribution in [2.45, 2.75) is 45.7 Å². The lowest BCUT2D eigenvalue weighted by atomic mass is 10.1. The first-order valence-corrected chi connectivity index (χ1v) is 9.17. The minimum atomic E-state index is -0.356. The Morgan fingerprint density at radius 1 is 1.23 bits per heavy atom. The summed E-state index contributed by atoms with van der Waals surface area (Å²) >= 11 is 0. The third-order valence-corrected chi connectivity index (χ3v) is 4.21. The van der Waals surface area contributed by atoms with E-state index >= 15 is 0 Å². The predicted octanol–water partition coefficient (Wildman–Crippen LogP) is 3.45. The van der Waals surface area contributed by atoms with Crippen molar-refractivity contribution in [2.75, 3.05) is 19.7 Å². The van der Waals surface area contributed by atoms with E-state index in [0.29, 0.717) is 19.1 Å². The average molecular weight is 474 g/mol. The van der Waals surface area contributed by atoms with Crippen molar-refractivity contribution in [3.63, 3.8) is 0 Å². The molecule has 0 saturated heterocycles. The number of carbonyl (C=O) groups excluding carboxylic acids is 1. The summed E-state index contributed by atoms with van der Waals surface area (Å²) in [7, 11) is 0. The van der Waals surface area contributed by atoms with Gasteiger partial charge in [-0.2, -0.15) is 0 Å². The van der Waals surface area contributed by atoms with Gasteiger partial charge in [0.1, 0.15) is 0 Å². The van der Waals surface area contributed by atoms with Crippen molar-refractivity contribution < 1.29 is 9.53 Å². The van der Waals surface area contributed by atoms with E-state index < -0.39 is 0 Å². The number of ether oxygens (including phenoxy) is 1. The fourth-order valence-corrected chi connectivity index (χ4v) is 2.68. The Bertz CT molecular complexity index is 564. The lowest BCUT2D eigenvalue weighted by Gasteiger charge is -2.20. The van der Waals surface area contributed by atoms with Gasteiger partial charge < -0.3 is 20.7 Å². The van der Waals surface area contributed by atoms with Crippen LogP contribution < -0.4 is 16.0 Å². The van der Waals surface area contributed by atoms with Crippen LogP contribution in [0, 0.1) is 5.92 Å². The van der Waals surface area contributed by atoms with Gasteiger partial charge in [-0.15, -0.1) is 24.0 Å². The van der Waals surface area contributed by atoms with Crippen molar-refractivity contribution in [1.82, 2.24) is 16.0 Å². The molecule has 0 bridgehead atoms. The molecule has 26 heavy (non-hydrogen) atoms. The van der Waals surface area contributed by atoms with Crippen LogP contribution in [0.1, 0.15) is 45.2 Å². The molecule has 1 aliphatic carbocycles. The topological polar surface area (TPSA) is 74.8 Å². The van der Waals surface area contributed by atoms with Crippen LogP contribution in [0.15, 0.2) is 35.3 Å². The fraction of sp³-hybridized carbons (Fsp3) is 0.579. The molecule has 1 aliphatic rings. The highest BCUT2D eigenvalue weighted by Gasteiger charge is 2.32. The van der Waals surface area contributed by atoms with Gasteiger partial charge in [-0.05, 0) is 45.1 Å². The molecule has 1 fully saturated rings. The summed E-state index contributed by atoms with van der Waals surface area (Å²) in [5, 5.41) is 9.63. The number of carbonyl (C=O) groups is 1. The molecule has 146 valence electrons. The molecular formula is C19H31IN4O2. The number of nitrogens with one attached hydrogen (secondary N) is 3. The van der Waals surface area contributed by atoms with Crippen LogP contribution >= 0.6 is 24.0 Å². The van der Waals surface area contributed by atoms with E-state index in [9.17, 15) is 4.79 Å². The Morgan fingerprint density at radius 2 is 1.92 bits per heavy atom. The number of amides is 1. The van der Waals surface area contributed by atoms with Crippen LogP contribution in [-0.4, -0.2) is 37.8 Å². The lowest BCUT2D eigenvalue weighted by Crippen LogP contribution is -2.42. The van der Waals surface area contributed by atoms with E-state index in [1.54, 1.807) is 0 Å². The predicted molar refractivity (Wildman–Crippen MR) is 116 cm³/mol. The van der Waals surface area contributed by atoms with Gasteiger partial charge in [0.2, 0.25) is 0 Å². The van der Waals surface area contributed by atoms with Gasteiger partial charge in [0.05, 0.1) is 25.2 Å². The zero-order valence-electron chi connectivity index (χ0n) is 15.8. The molecule has 2 rings (SSSR count). The molecule has 2 atom stereocenters. The Kier molecular flexibility index (Phi) is 10.4.